The largest absolute Gasteiger partial charge is 0.508 e. The number of fused-ring (bicyclic) bond motifs is 4. The molecule has 2 aliphatic rings. The second kappa shape index (κ2) is 8.32. The monoisotopic (exact) mass is 480 g/mol. The number of carbonyl (C=O) groups is 2. The number of phenolic OH excluding ortho intramolecular Hbond substituents is 1. The summed E-state index contributed by atoms with van der Waals surface area (Å²) in [6.45, 7) is 7.75. The van der Waals surface area contributed by atoms with Gasteiger partial charge < -0.3 is 15.4 Å². The molecule has 0 unspecified atom stereocenters. The zero-order valence-electron chi connectivity index (χ0n) is 19.6. The third-order valence-electron chi connectivity index (χ3n) is 6.88. The van der Waals surface area contributed by atoms with Crippen LogP contribution in [0.1, 0.15) is 43.6 Å². The molecule has 5 rings (SSSR count). The third kappa shape index (κ3) is 3.54. The Hall–Kier alpha value is -3.03. The van der Waals surface area contributed by atoms with Gasteiger partial charge in [-0.15, -0.1) is 0 Å². The Bertz CT molecular complexity index is 1290. The summed E-state index contributed by atoms with van der Waals surface area (Å²) in [7, 11) is 0. The number of rotatable bonds is 6. The number of aromatic hydroxyl groups is 1. The van der Waals surface area contributed by atoms with Gasteiger partial charge in [-0.2, -0.15) is 0 Å². The highest BCUT2D eigenvalue weighted by molar-refractivity contribution is 6.31. The van der Waals surface area contributed by atoms with E-state index >= 15 is 0 Å². The lowest BCUT2D eigenvalue weighted by atomic mass is 9.81. The van der Waals surface area contributed by atoms with Gasteiger partial charge >= 0.3 is 6.03 Å². The van der Waals surface area contributed by atoms with E-state index in [0.717, 1.165) is 34.3 Å². The number of amides is 3. The van der Waals surface area contributed by atoms with Crippen molar-refractivity contribution >= 4 is 34.4 Å². The van der Waals surface area contributed by atoms with Crippen molar-refractivity contribution in [3.8, 4) is 5.75 Å². The van der Waals surface area contributed by atoms with Crippen molar-refractivity contribution in [2.45, 2.75) is 38.8 Å². The molecule has 0 aliphatic carbocycles. The zero-order valence-corrected chi connectivity index (χ0v) is 20.3. The molecule has 3 N–H and O–H groups in total. The molecule has 1 aromatic heterocycles. The minimum atomic E-state index is -1.05. The topological polar surface area (TPSA) is 88.7 Å². The number of halogens is 1. The predicted octanol–water partition coefficient (Wildman–Crippen LogP) is 4.44. The first kappa shape index (κ1) is 22.7. The molecule has 2 aromatic carbocycles. The zero-order chi connectivity index (χ0) is 24.2. The Morgan fingerprint density at radius 1 is 1.24 bits per heavy atom. The summed E-state index contributed by atoms with van der Waals surface area (Å²) in [5, 5.41) is 15.1. The van der Waals surface area contributed by atoms with Crippen molar-refractivity contribution in [1.82, 2.24) is 20.1 Å². The van der Waals surface area contributed by atoms with E-state index in [-0.39, 0.29) is 17.7 Å². The summed E-state index contributed by atoms with van der Waals surface area (Å²) >= 11 is 6.31. The van der Waals surface area contributed by atoms with Crippen LogP contribution in [0.2, 0.25) is 5.02 Å². The smallest absolute Gasteiger partial charge is 0.328 e. The summed E-state index contributed by atoms with van der Waals surface area (Å²) in [5.74, 6) is 0.392. The van der Waals surface area contributed by atoms with Gasteiger partial charge in [0.15, 0.2) is 0 Å². The number of aromatic nitrogens is 1. The van der Waals surface area contributed by atoms with Crippen LogP contribution in [0.4, 0.5) is 4.79 Å². The Kier molecular flexibility index (Phi) is 5.57. The molecule has 178 valence electrons. The van der Waals surface area contributed by atoms with E-state index in [1.807, 2.05) is 31.2 Å². The molecule has 34 heavy (non-hydrogen) atoms. The summed E-state index contributed by atoms with van der Waals surface area (Å²) in [5.41, 5.74) is 2.42. The number of hydrogen-bond acceptors (Lipinski definition) is 4. The summed E-state index contributed by atoms with van der Waals surface area (Å²) in [6, 6.07) is 11.7. The van der Waals surface area contributed by atoms with E-state index in [9.17, 15) is 14.7 Å². The lowest BCUT2D eigenvalue weighted by molar-refractivity contribution is -0.133. The van der Waals surface area contributed by atoms with Crippen LogP contribution in [0.15, 0.2) is 42.5 Å². The molecule has 3 amide bonds. The van der Waals surface area contributed by atoms with Gasteiger partial charge in [0.05, 0.1) is 0 Å². The van der Waals surface area contributed by atoms with Crippen LogP contribution in [-0.4, -0.2) is 57.0 Å². The molecule has 8 heteroatoms. The number of benzene rings is 2. The second-order valence-corrected chi connectivity index (χ2v) is 10.3. The Labute approximate surface area is 203 Å². The standard InChI is InChI=1S/C26H29ClN4O3/c1-15(2)14-28-9-10-30-24(33)26(3)13-20-19-12-17(27)7-8-21(19)29-22(20)23(31(26)25(30)34)16-5-4-6-18(32)11-16/h4-8,11-12,15,23,28-29,32H,9-10,13-14H2,1-3H3/t23-,26+/m1/s1. The van der Waals surface area contributed by atoms with Gasteiger partial charge in [0.25, 0.3) is 5.91 Å². The fourth-order valence-corrected chi connectivity index (χ4v) is 5.48. The van der Waals surface area contributed by atoms with Crippen LogP contribution < -0.4 is 5.32 Å². The maximum Gasteiger partial charge on any atom is 0.328 e. The summed E-state index contributed by atoms with van der Waals surface area (Å²) < 4.78 is 0. The van der Waals surface area contributed by atoms with Crippen molar-refractivity contribution in [3.05, 3.63) is 64.3 Å². The molecule has 1 saturated heterocycles. The van der Waals surface area contributed by atoms with Gasteiger partial charge in [0.1, 0.15) is 17.3 Å². The molecular weight excluding hydrogens is 452 g/mol. The maximum atomic E-state index is 13.7. The number of phenols is 1. The molecule has 0 bridgehead atoms. The first-order valence-corrected chi connectivity index (χ1v) is 12.0. The number of urea groups is 1. The minimum absolute atomic E-state index is 0.109. The fourth-order valence-electron chi connectivity index (χ4n) is 5.31. The van der Waals surface area contributed by atoms with Crippen molar-refractivity contribution < 1.29 is 14.7 Å². The van der Waals surface area contributed by atoms with Crippen molar-refractivity contribution in [3.63, 3.8) is 0 Å². The quantitative estimate of drug-likeness (QED) is 0.359. The first-order valence-electron chi connectivity index (χ1n) is 11.7. The Balaban J connectivity index is 1.61. The van der Waals surface area contributed by atoms with Crippen LogP contribution in [-0.2, 0) is 11.2 Å². The van der Waals surface area contributed by atoms with Gasteiger partial charge in [-0.05, 0) is 60.8 Å². The molecule has 1 fully saturated rings. The summed E-state index contributed by atoms with van der Waals surface area (Å²) in [6.07, 6.45) is 0.387. The van der Waals surface area contributed by atoms with Crippen LogP contribution >= 0.6 is 11.6 Å². The lowest BCUT2D eigenvalue weighted by Gasteiger charge is -2.42. The molecule has 3 heterocycles. The maximum absolute atomic E-state index is 13.7. The molecule has 2 aliphatic heterocycles. The molecule has 7 nitrogen and oxygen atoms in total. The molecular formula is C26H29ClN4O3. The second-order valence-electron chi connectivity index (χ2n) is 9.86. The van der Waals surface area contributed by atoms with E-state index in [1.54, 1.807) is 23.1 Å². The SMILES string of the molecule is CC(C)CNCCN1C(=O)N2[C@H](c3cccc(O)c3)c3[nH]c4ccc(Cl)cc4c3C[C@@]2(C)C1=O. The number of aromatic amines is 1. The first-order chi connectivity index (χ1) is 16.2. The molecule has 0 radical (unpaired) electrons. The lowest BCUT2D eigenvalue weighted by Crippen LogP contribution is -2.53. The number of H-pyrrole nitrogens is 1. The molecule has 3 aromatic rings. The normalized spacial score (nSPS) is 22.1. The minimum Gasteiger partial charge on any atom is -0.508 e. The van der Waals surface area contributed by atoms with Gasteiger partial charge in [0, 0.05) is 41.1 Å². The number of hydrogen-bond donors (Lipinski definition) is 3. The Morgan fingerprint density at radius 2 is 2.03 bits per heavy atom. The highest BCUT2D eigenvalue weighted by atomic mass is 35.5. The molecule has 2 atom stereocenters. The van der Waals surface area contributed by atoms with Gasteiger partial charge in [-0.3, -0.25) is 14.6 Å². The van der Waals surface area contributed by atoms with Crippen molar-refractivity contribution in [2.24, 2.45) is 5.92 Å². The van der Waals surface area contributed by atoms with Crippen molar-refractivity contribution in [2.75, 3.05) is 19.6 Å². The highest BCUT2D eigenvalue weighted by Crippen LogP contribution is 2.49. The van der Waals surface area contributed by atoms with Crippen LogP contribution in [0.25, 0.3) is 10.9 Å². The van der Waals surface area contributed by atoms with E-state index in [4.69, 9.17) is 11.6 Å². The van der Waals surface area contributed by atoms with Crippen LogP contribution in [0.3, 0.4) is 0 Å². The average Bonchev–Trinajstić information content (AvgIpc) is 3.22. The van der Waals surface area contributed by atoms with Crippen LogP contribution in [0, 0.1) is 5.92 Å². The number of nitrogens with zero attached hydrogens (tertiary/aromatic N) is 2. The third-order valence-corrected chi connectivity index (χ3v) is 7.11. The fraction of sp³-hybridized carbons (Fsp3) is 0.385. The van der Waals surface area contributed by atoms with E-state index in [1.165, 1.54) is 4.90 Å². The van der Waals surface area contributed by atoms with Gasteiger partial charge in [-0.1, -0.05) is 37.6 Å². The van der Waals surface area contributed by atoms with Crippen molar-refractivity contribution in [1.29, 1.82) is 0 Å². The van der Waals surface area contributed by atoms with E-state index < -0.39 is 11.6 Å². The highest BCUT2D eigenvalue weighted by Gasteiger charge is 2.60. The Morgan fingerprint density at radius 3 is 2.76 bits per heavy atom. The summed E-state index contributed by atoms with van der Waals surface area (Å²) in [4.78, 5) is 34.0. The van der Waals surface area contributed by atoms with Gasteiger partial charge in [-0.25, -0.2) is 4.79 Å². The number of carbonyl (C=O) groups excluding carboxylic acids is 2. The van der Waals surface area contributed by atoms with E-state index in [2.05, 4.69) is 24.1 Å². The van der Waals surface area contributed by atoms with Crippen LogP contribution in [0.5, 0.6) is 5.75 Å². The van der Waals surface area contributed by atoms with Gasteiger partial charge in [0.2, 0.25) is 0 Å². The van der Waals surface area contributed by atoms with E-state index in [0.29, 0.717) is 30.5 Å². The number of imide groups is 1. The predicted molar refractivity (Wildman–Crippen MR) is 132 cm³/mol. The number of nitrogens with one attached hydrogen (secondary N) is 2. The molecule has 0 saturated carbocycles. The molecule has 0 spiro atoms. The average molecular weight is 481 g/mol.